The lowest BCUT2D eigenvalue weighted by atomic mass is 10.1. The molecular formula is C13H22N4. The molecule has 1 aromatic heterocycles. The van der Waals surface area contributed by atoms with Crippen molar-refractivity contribution in [2.24, 2.45) is 0 Å². The van der Waals surface area contributed by atoms with Crippen molar-refractivity contribution in [2.75, 3.05) is 25.0 Å². The van der Waals surface area contributed by atoms with Gasteiger partial charge in [0, 0.05) is 31.5 Å². The molecule has 0 spiro atoms. The highest BCUT2D eigenvalue weighted by molar-refractivity contribution is 5.31. The fraction of sp³-hybridized carbons (Fsp3) is 0.692. The Balaban J connectivity index is 2.01. The van der Waals surface area contributed by atoms with Crippen LogP contribution in [0.15, 0.2) is 12.4 Å². The summed E-state index contributed by atoms with van der Waals surface area (Å²) in [6.45, 7) is 4.27. The smallest absolute Gasteiger partial charge is 0.225 e. The van der Waals surface area contributed by atoms with Gasteiger partial charge in [-0.25, -0.2) is 9.97 Å². The molecule has 1 fully saturated rings. The number of nitrogens with one attached hydrogen (secondary N) is 1. The van der Waals surface area contributed by atoms with Crippen LogP contribution in [0.2, 0.25) is 0 Å². The maximum absolute atomic E-state index is 4.48. The predicted molar refractivity (Wildman–Crippen MR) is 70.3 cm³/mol. The van der Waals surface area contributed by atoms with Gasteiger partial charge in [-0.15, -0.1) is 0 Å². The number of nitrogens with zero attached hydrogens (tertiary/aromatic N) is 3. The largest absolute Gasteiger partial charge is 0.339 e. The first-order valence-electron chi connectivity index (χ1n) is 6.56. The second kappa shape index (κ2) is 5.96. The Bertz CT molecular complexity index is 336. The van der Waals surface area contributed by atoms with Crippen molar-refractivity contribution in [1.29, 1.82) is 0 Å². The van der Waals surface area contributed by atoms with Crippen LogP contribution >= 0.6 is 0 Å². The van der Waals surface area contributed by atoms with Gasteiger partial charge in [0.15, 0.2) is 0 Å². The van der Waals surface area contributed by atoms with E-state index in [-0.39, 0.29) is 0 Å². The molecule has 0 bridgehead atoms. The van der Waals surface area contributed by atoms with Gasteiger partial charge in [-0.3, -0.25) is 0 Å². The minimum Gasteiger partial charge on any atom is -0.339 e. The van der Waals surface area contributed by atoms with Gasteiger partial charge in [0.1, 0.15) is 0 Å². The fourth-order valence-corrected chi connectivity index (χ4v) is 2.32. The number of piperidine rings is 1. The van der Waals surface area contributed by atoms with Crippen molar-refractivity contribution < 1.29 is 0 Å². The van der Waals surface area contributed by atoms with Crippen LogP contribution in [0.5, 0.6) is 0 Å². The van der Waals surface area contributed by atoms with Gasteiger partial charge in [0.25, 0.3) is 0 Å². The lowest BCUT2D eigenvalue weighted by Crippen LogP contribution is -2.45. The van der Waals surface area contributed by atoms with Crippen molar-refractivity contribution in [3.8, 4) is 0 Å². The normalized spacial score (nSPS) is 20.6. The van der Waals surface area contributed by atoms with Crippen LogP contribution in [0.3, 0.4) is 0 Å². The summed E-state index contributed by atoms with van der Waals surface area (Å²) in [5, 5.41) is 3.34. The molecule has 4 nitrogen and oxygen atoms in total. The van der Waals surface area contributed by atoms with Crippen LogP contribution < -0.4 is 10.2 Å². The molecule has 1 saturated heterocycles. The van der Waals surface area contributed by atoms with Gasteiger partial charge in [0.05, 0.1) is 0 Å². The molecule has 1 aliphatic rings. The van der Waals surface area contributed by atoms with Crippen LogP contribution in [0.1, 0.15) is 31.7 Å². The maximum atomic E-state index is 4.48. The average Bonchev–Trinajstić information content (AvgIpc) is 2.40. The van der Waals surface area contributed by atoms with Crippen LogP contribution in [0, 0.1) is 0 Å². The van der Waals surface area contributed by atoms with E-state index >= 15 is 0 Å². The Labute approximate surface area is 103 Å². The van der Waals surface area contributed by atoms with E-state index in [1.54, 1.807) is 0 Å². The SMILES string of the molecule is CCCc1cnc(N2CCCC(NC)C2)nc1. The molecule has 0 aliphatic carbocycles. The molecule has 4 heteroatoms. The van der Waals surface area contributed by atoms with E-state index in [1.807, 2.05) is 19.4 Å². The summed E-state index contributed by atoms with van der Waals surface area (Å²) < 4.78 is 0. The lowest BCUT2D eigenvalue weighted by Gasteiger charge is -2.32. The molecule has 1 unspecified atom stereocenters. The first-order chi connectivity index (χ1) is 8.33. The topological polar surface area (TPSA) is 41.1 Å². The van der Waals surface area contributed by atoms with Gasteiger partial charge in [-0.1, -0.05) is 13.3 Å². The highest BCUT2D eigenvalue weighted by Gasteiger charge is 2.20. The van der Waals surface area contributed by atoms with Crippen molar-refractivity contribution in [3.63, 3.8) is 0 Å². The third-order valence-electron chi connectivity index (χ3n) is 3.34. The van der Waals surface area contributed by atoms with Gasteiger partial charge in [-0.2, -0.15) is 0 Å². The van der Waals surface area contributed by atoms with Crippen LogP contribution in [-0.2, 0) is 6.42 Å². The molecule has 0 amide bonds. The van der Waals surface area contributed by atoms with Gasteiger partial charge in [0.2, 0.25) is 5.95 Å². The molecule has 0 radical (unpaired) electrons. The number of hydrogen-bond donors (Lipinski definition) is 1. The molecule has 2 heterocycles. The van der Waals surface area contributed by atoms with Crippen LogP contribution in [0.25, 0.3) is 0 Å². The molecule has 0 saturated carbocycles. The van der Waals surface area contributed by atoms with Crippen LogP contribution in [0.4, 0.5) is 5.95 Å². The Hall–Kier alpha value is -1.16. The van der Waals surface area contributed by atoms with Gasteiger partial charge in [-0.05, 0) is 31.9 Å². The standard InChI is InChI=1S/C13H22N4/c1-3-5-11-8-15-13(16-9-11)17-7-4-6-12(10-17)14-2/h8-9,12,14H,3-7,10H2,1-2H3. The monoisotopic (exact) mass is 234 g/mol. The number of hydrogen-bond acceptors (Lipinski definition) is 4. The average molecular weight is 234 g/mol. The van der Waals surface area contributed by atoms with E-state index in [2.05, 4.69) is 27.1 Å². The molecule has 0 aromatic carbocycles. The lowest BCUT2D eigenvalue weighted by molar-refractivity contribution is 0.445. The van der Waals surface area contributed by atoms with Crippen molar-refractivity contribution in [3.05, 3.63) is 18.0 Å². The minimum atomic E-state index is 0.572. The minimum absolute atomic E-state index is 0.572. The summed E-state index contributed by atoms with van der Waals surface area (Å²) in [6, 6.07) is 0.572. The van der Waals surface area contributed by atoms with E-state index in [4.69, 9.17) is 0 Å². The summed E-state index contributed by atoms with van der Waals surface area (Å²) >= 11 is 0. The zero-order valence-electron chi connectivity index (χ0n) is 10.8. The number of rotatable bonds is 4. The zero-order chi connectivity index (χ0) is 12.1. The molecular weight excluding hydrogens is 212 g/mol. The highest BCUT2D eigenvalue weighted by atomic mass is 15.3. The molecule has 2 rings (SSSR count). The number of aryl methyl sites for hydroxylation is 1. The van der Waals surface area contributed by atoms with E-state index in [9.17, 15) is 0 Å². The molecule has 1 atom stereocenters. The first kappa shape index (κ1) is 12.3. The van der Waals surface area contributed by atoms with E-state index in [0.29, 0.717) is 6.04 Å². The predicted octanol–water partition coefficient (Wildman–Crippen LogP) is 1.62. The summed E-state index contributed by atoms with van der Waals surface area (Å²) in [7, 11) is 2.03. The third kappa shape index (κ3) is 3.16. The molecule has 17 heavy (non-hydrogen) atoms. The van der Waals surface area contributed by atoms with E-state index in [0.717, 1.165) is 31.9 Å². The summed E-state index contributed by atoms with van der Waals surface area (Å²) in [5.41, 5.74) is 1.23. The van der Waals surface area contributed by atoms with Crippen molar-refractivity contribution in [2.45, 2.75) is 38.6 Å². The Kier molecular flexibility index (Phi) is 4.31. The zero-order valence-corrected chi connectivity index (χ0v) is 10.8. The molecule has 1 aromatic rings. The first-order valence-corrected chi connectivity index (χ1v) is 6.56. The number of aromatic nitrogens is 2. The summed E-state index contributed by atoms with van der Waals surface area (Å²) in [5.74, 6) is 0.879. The van der Waals surface area contributed by atoms with Gasteiger partial charge < -0.3 is 10.2 Å². The third-order valence-corrected chi connectivity index (χ3v) is 3.34. The van der Waals surface area contributed by atoms with Crippen molar-refractivity contribution >= 4 is 5.95 Å². The van der Waals surface area contributed by atoms with Gasteiger partial charge >= 0.3 is 0 Å². The second-order valence-electron chi connectivity index (χ2n) is 4.72. The van der Waals surface area contributed by atoms with Crippen LogP contribution in [-0.4, -0.2) is 36.1 Å². The summed E-state index contributed by atoms with van der Waals surface area (Å²) in [6.07, 6.45) is 8.61. The van der Waals surface area contributed by atoms with E-state index in [1.165, 1.54) is 18.4 Å². The fourth-order valence-electron chi connectivity index (χ4n) is 2.32. The Morgan fingerprint density at radius 1 is 1.41 bits per heavy atom. The molecule has 1 aliphatic heterocycles. The summed E-state index contributed by atoms with van der Waals surface area (Å²) in [4.78, 5) is 11.2. The number of likely N-dealkylation sites (N-methyl/N-ethyl adjacent to an activating group) is 1. The Morgan fingerprint density at radius 2 is 2.18 bits per heavy atom. The maximum Gasteiger partial charge on any atom is 0.225 e. The number of anilines is 1. The Morgan fingerprint density at radius 3 is 2.82 bits per heavy atom. The molecule has 1 N–H and O–H groups in total. The van der Waals surface area contributed by atoms with Crippen molar-refractivity contribution in [1.82, 2.24) is 15.3 Å². The highest BCUT2D eigenvalue weighted by Crippen LogP contribution is 2.15. The molecule has 94 valence electrons. The second-order valence-corrected chi connectivity index (χ2v) is 4.72. The quantitative estimate of drug-likeness (QED) is 0.859. The van der Waals surface area contributed by atoms with E-state index < -0.39 is 0 Å².